The van der Waals surface area contributed by atoms with Gasteiger partial charge in [0.05, 0.1) is 0 Å². The number of aryl methyl sites for hydroxylation is 1. The molecule has 0 bridgehead atoms. The van der Waals surface area contributed by atoms with Gasteiger partial charge in [0.1, 0.15) is 0 Å². The summed E-state index contributed by atoms with van der Waals surface area (Å²) in [5, 5.41) is 14.4. The standard InChI is InChI=1S/C14H23N3O2/c1-10-9-12(17(3)4)5-6-13(10)16-14(19)15-11(2)7-8-18/h5-6,9,11,18H,7-8H2,1-4H3,(H2,15,16,19)/t11-/m1/s1. The van der Waals surface area contributed by atoms with Crippen LogP contribution in [0.15, 0.2) is 18.2 Å². The minimum atomic E-state index is -0.248. The lowest BCUT2D eigenvalue weighted by molar-refractivity contribution is 0.241. The van der Waals surface area contributed by atoms with E-state index >= 15 is 0 Å². The molecule has 0 spiro atoms. The lowest BCUT2D eigenvalue weighted by Crippen LogP contribution is -2.36. The molecule has 5 nitrogen and oxygen atoms in total. The van der Waals surface area contributed by atoms with Crippen molar-refractivity contribution in [3.63, 3.8) is 0 Å². The molecule has 0 heterocycles. The Morgan fingerprint density at radius 3 is 2.63 bits per heavy atom. The first kappa shape index (κ1) is 15.3. The third-order valence-corrected chi connectivity index (χ3v) is 2.91. The molecular weight excluding hydrogens is 242 g/mol. The fraction of sp³-hybridized carbons (Fsp3) is 0.500. The molecule has 0 radical (unpaired) electrons. The summed E-state index contributed by atoms with van der Waals surface area (Å²) < 4.78 is 0. The van der Waals surface area contributed by atoms with Gasteiger partial charge in [0.15, 0.2) is 0 Å². The summed E-state index contributed by atoms with van der Waals surface area (Å²) in [6.07, 6.45) is 0.548. The fourth-order valence-electron chi connectivity index (χ4n) is 1.71. The Hall–Kier alpha value is -1.75. The predicted octanol–water partition coefficient (Wildman–Crippen LogP) is 1.95. The van der Waals surface area contributed by atoms with Crippen LogP contribution >= 0.6 is 0 Å². The Kier molecular flexibility index (Phi) is 5.63. The number of nitrogens with zero attached hydrogens (tertiary/aromatic N) is 1. The van der Waals surface area contributed by atoms with Gasteiger partial charge in [-0.15, -0.1) is 0 Å². The molecule has 0 saturated heterocycles. The summed E-state index contributed by atoms with van der Waals surface area (Å²) in [5.74, 6) is 0. The zero-order chi connectivity index (χ0) is 14.4. The number of hydrogen-bond acceptors (Lipinski definition) is 3. The van der Waals surface area contributed by atoms with Gasteiger partial charge < -0.3 is 20.6 Å². The minimum absolute atomic E-state index is 0.0497. The molecule has 0 aliphatic heterocycles. The summed E-state index contributed by atoms with van der Waals surface area (Å²) in [6, 6.07) is 5.57. The Labute approximate surface area is 114 Å². The number of carbonyl (C=O) groups excluding carboxylic acids is 1. The van der Waals surface area contributed by atoms with Crippen LogP contribution in [0.1, 0.15) is 18.9 Å². The number of nitrogens with one attached hydrogen (secondary N) is 2. The van der Waals surface area contributed by atoms with Gasteiger partial charge in [0.2, 0.25) is 0 Å². The average Bonchev–Trinajstić information content (AvgIpc) is 2.31. The highest BCUT2D eigenvalue weighted by molar-refractivity contribution is 5.90. The van der Waals surface area contributed by atoms with Crippen molar-refractivity contribution < 1.29 is 9.90 Å². The van der Waals surface area contributed by atoms with Gasteiger partial charge in [-0.25, -0.2) is 4.79 Å². The molecule has 0 aliphatic rings. The van der Waals surface area contributed by atoms with Crippen molar-refractivity contribution in [3.05, 3.63) is 23.8 Å². The van der Waals surface area contributed by atoms with E-state index in [-0.39, 0.29) is 18.7 Å². The summed E-state index contributed by atoms with van der Waals surface area (Å²) in [5.41, 5.74) is 2.90. The quantitative estimate of drug-likeness (QED) is 0.762. The predicted molar refractivity (Wildman–Crippen MR) is 78.8 cm³/mol. The Balaban J connectivity index is 2.64. The first-order valence-electron chi connectivity index (χ1n) is 6.40. The molecule has 2 amide bonds. The minimum Gasteiger partial charge on any atom is -0.396 e. The van der Waals surface area contributed by atoms with Crippen molar-refractivity contribution in [2.24, 2.45) is 0 Å². The van der Waals surface area contributed by atoms with Crippen LogP contribution in [-0.2, 0) is 0 Å². The maximum Gasteiger partial charge on any atom is 0.319 e. The highest BCUT2D eigenvalue weighted by Crippen LogP contribution is 2.21. The average molecular weight is 265 g/mol. The number of aliphatic hydroxyl groups is 1. The van der Waals surface area contributed by atoms with Crippen LogP contribution in [0, 0.1) is 6.92 Å². The monoisotopic (exact) mass is 265 g/mol. The van der Waals surface area contributed by atoms with E-state index < -0.39 is 0 Å². The SMILES string of the molecule is Cc1cc(N(C)C)ccc1NC(=O)N[C@H](C)CCO. The third kappa shape index (κ3) is 4.79. The molecule has 0 aromatic heterocycles. The molecule has 1 rings (SSSR count). The summed E-state index contributed by atoms with van der Waals surface area (Å²) in [6.45, 7) is 3.88. The fourth-order valence-corrected chi connectivity index (χ4v) is 1.71. The van der Waals surface area contributed by atoms with E-state index in [1.807, 2.05) is 51.0 Å². The van der Waals surface area contributed by atoms with Crippen molar-refractivity contribution in [3.8, 4) is 0 Å². The summed E-state index contributed by atoms with van der Waals surface area (Å²) in [4.78, 5) is 13.8. The van der Waals surface area contributed by atoms with Crippen LogP contribution in [0.5, 0.6) is 0 Å². The normalized spacial score (nSPS) is 11.8. The van der Waals surface area contributed by atoms with Gasteiger partial charge in [-0.3, -0.25) is 0 Å². The van der Waals surface area contributed by atoms with E-state index in [1.165, 1.54) is 0 Å². The number of benzene rings is 1. The molecule has 0 unspecified atom stereocenters. The number of carbonyl (C=O) groups is 1. The first-order chi connectivity index (χ1) is 8.93. The molecule has 0 fully saturated rings. The van der Waals surface area contributed by atoms with E-state index in [2.05, 4.69) is 10.6 Å². The van der Waals surface area contributed by atoms with Gasteiger partial charge in [-0.1, -0.05) is 0 Å². The van der Waals surface area contributed by atoms with E-state index in [9.17, 15) is 4.79 Å². The summed E-state index contributed by atoms with van der Waals surface area (Å²) >= 11 is 0. The molecule has 5 heteroatoms. The van der Waals surface area contributed by atoms with Crippen molar-refractivity contribution in [1.29, 1.82) is 0 Å². The topological polar surface area (TPSA) is 64.6 Å². The Bertz CT molecular complexity index is 433. The van der Waals surface area contributed by atoms with Crippen LogP contribution in [0.2, 0.25) is 0 Å². The first-order valence-corrected chi connectivity index (χ1v) is 6.40. The zero-order valence-corrected chi connectivity index (χ0v) is 12.0. The van der Waals surface area contributed by atoms with Crippen molar-refractivity contribution in [1.82, 2.24) is 5.32 Å². The Morgan fingerprint density at radius 1 is 1.42 bits per heavy atom. The molecule has 1 atom stereocenters. The van der Waals surface area contributed by atoms with Crippen LogP contribution in [0.4, 0.5) is 16.2 Å². The maximum atomic E-state index is 11.8. The third-order valence-electron chi connectivity index (χ3n) is 2.91. The van der Waals surface area contributed by atoms with E-state index in [1.54, 1.807) is 0 Å². The maximum absolute atomic E-state index is 11.8. The molecule has 19 heavy (non-hydrogen) atoms. The van der Waals surface area contributed by atoms with Crippen LogP contribution in [-0.4, -0.2) is 37.9 Å². The number of aliphatic hydroxyl groups excluding tert-OH is 1. The van der Waals surface area contributed by atoms with Crippen molar-refractivity contribution in [2.75, 3.05) is 30.9 Å². The van der Waals surface area contributed by atoms with Crippen molar-refractivity contribution >= 4 is 17.4 Å². The molecule has 0 saturated carbocycles. The second-order valence-electron chi connectivity index (χ2n) is 4.91. The van der Waals surface area contributed by atoms with Crippen LogP contribution in [0.3, 0.4) is 0 Å². The largest absolute Gasteiger partial charge is 0.396 e. The zero-order valence-electron chi connectivity index (χ0n) is 12.0. The second-order valence-corrected chi connectivity index (χ2v) is 4.91. The van der Waals surface area contributed by atoms with Gasteiger partial charge in [0.25, 0.3) is 0 Å². The number of urea groups is 1. The smallest absolute Gasteiger partial charge is 0.319 e. The number of amides is 2. The highest BCUT2D eigenvalue weighted by atomic mass is 16.3. The highest BCUT2D eigenvalue weighted by Gasteiger charge is 2.08. The van der Waals surface area contributed by atoms with E-state index in [0.29, 0.717) is 6.42 Å². The summed E-state index contributed by atoms with van der Waals surface area (Å²) in [7, 11) is 3.95. The van der Waals surface area contributed by atoms with Crippen LogP contribution < -0.4 is 15.5 Å². The lowest BCUT2D eigenvalue weighted by atomic mass is 10.1. The molecular formula is C14H23N3O2. The Morgan fingerprint density at radius 2 is 2.11 bits per heavy atom. The molecule has 0 aliphatic carbocycles. The van der Waals surface area contributed by atoms with Gasteiger partial charge >= 0.3 is 6.03 Å². The van der Waals surface area contributed by atoms with Gasteiger partial charge in [0, 0.05) is 38.1 Å². The molecule has 106 valence electrons. The number of hydrogen-bond donors (Lipinski definition) is 3. The number of anilines is 2. The van der Waals surface area contributed by atoms with E-state index in [4.69, 9.17) is 5.11 Å². The second kappa shape index (κ2) is 6.99. The molecule has 1 aromatic carbocycles. The van der Waals surface area contributed by atoms with Gasteiger partial charge in [-0.2, -0.15) is 0 Å². The van der Waals surface area contributed by atoms with E-state index in [0.717, 1.165) is 16.9 Å². The molecule has 1 aromatic rings. The lowest BCUT2D eigenvalue weighted by Gasteiger charge is -2.17. The van der Waals surface area contributed by atoms with Crippen LogP contribution in [0.25, 0.3) is 0 Å². The van der Waals surface area contributed by atoms with Crippen molar-refractivity contribution in [2.45, 2.75) is 26.3 Å². The molecule has 3 N–H and O–H groups in total. The number of rotatable bonds is 5. The van der Waals surface area contributed by atoms with Gasteiger partial charge in [-0.05, 0) is 44.0 Å².